The lowest BCUT2D eigenvalue weighted by atomic mass is 9.99. The van der Waals surface area contributed by atoms with Crippen molar-refractivity contribution < 1.29 is 26.7 Å². The van der Waals surface area contributed by atoms with E-state index in [-0.39, 0.29) is 18.2 Å². The second-order valence-electron chi connectivity index (χ2n) is 4.27. The van der Waals surface area contributed by atoms with Crippen molar-refractivity contribution in [1.82, 2.24) is 0 Å². The molecule has 0 saturated carbocycles. The maximum absolute atomic E-state index is 13.1. The van der Waals surface area contributed by atoms with E-state index in [0.717, 1.165) is 24.3 Å². The molecule has 0 unspecified atom stereocenters. The van der Waals surface area contributed by atoms with Gasteiger partial charge in [0, 0.05) is 0 Å². The van der Waals surface area contributed by atoms with Gasteiger partial charge >= 0.3 is 6.36 Å². The molecule has 2 N–H and O–H groups in total. The lowest BCUT2D eigenvalue weighted by Gasteiger charge is -2.14. The number of hydrogen-bond acceptors (Lipinski definition) is 2. The second-order valence-corrected chi connectivity index (χ2v) is 4.27. The molecule has 0 fully saturated rings. The standard InChI is InChI=1S/C14H10F5NO.ClH/c15-11-6-3-9(7-12(11)16)13(20)8-1-4-10(5-2-8)21-14(17,18)19;/h1-7,13H,20H2;1H/t13-;/m0./s1. The smallest absolute Gasteiger partial charge is 0.406 e. The van der Waals surface area contributed by atoms with Gasteiger partial charge < -0.3 is 10.5 Å². The van der Waals surface area contributed by atoms with Crippen LogP contribution in [0.1, 0.15) is 17.2 Å². The van der Waals surface area contributed by atoms with E-state index in [1.807, 2.05) is 0 Å². The van der Waals surface area contributed by atoms with Crippen LogP contribution in [0.3, 0.4) is 0 Å². The van der Waals surface area contributed by atoms with Crippen molar-refractivity contribution in [1.29, 1.82) is 0 Å². The first kappa shape index (κ1) is 18.2. The highest BCUT2D eigenvalue weighted by Crippen LogP contribution is 2.26. The van der Waals surface area contributed by atoms with Gasteiger partial charge in [-0.2, -0.15) is 0 Å². The van der Waals surface area contributed by atoms with E-state index in [2.05, 4.69) is 4.74 Å². The summed E-state index contributed by atoms with van der Waals surface area (Å²) in [6.45, 7) is 0. The molecule has 0 spiro atoms. The fourth-order valence-corrected chi connectivity index (χ4v) is 1.78. The minimum Gasteiger partial charge on any atom is -0.406 e. The highest BCUT2D eigenvalue weighted by Gasteiger charge is 2.31. The Labute approximate surface area is 129 Å². The molecule has 0 heterocycles. The number of alkyl halides is 3. The zero-order chi connectivity index (χ0) is 15.6. The Kier molecular flexibility index (Phi) is 5.73. The third kappa shape index (κ3) is 4.57. The summed E-state index contributed by atoms with van der Waals surface area (Å²) in [5.41, 5.74) is 6.60. The molecular weight excluding hydrogens is 329 g/mol. The van der Waals surface area contributed by atoms with Gasteiger partial charge in [0.25, 0.3) is 0 Å². The van der Waals surface area contributed by atoms with Crippen LogP contribution in [-0.2, 0) is 0 Å². The van der Waals surface area contributed by atoms with Crippen LogP contribution in [0.15, 0.2) is 42.5 Å². The molecule has 0 aliphatic rings. The summed E-state index contributed by atoms with van der Waals surface area (Å²) < 4.78 is 65.8. The molecule has 0 radical (unpaired) electrons. The van der Waals surface area contributed by atoms with Crippen molar-refractivity contribution in [3.63, 3.8) is 0 Å². The normalized spacial score (nSPS) is 12.5. The Bertz CT molecular complexity index is 630. The zero-order valence-corrected chi connectivity index (χ0v) is 11.7. The van der Waals surface area contributed by atoms with Gasteiger partial charge in [-0.3, -0.25) is 0 Å². The second kappa shape index (κ2) is 6.93. The van der Waals surface area contributed by atoms with E-state index in [1.54, 1.807) is 0 Å². The maximum Gasteiger partial charge on any atom is 0.573 e. The molecule has 0 aliphatic carbocycles. The first-order chi connectivity index (χ1) is 9.76. The summed E-state index contributed by atoms with van der Waals surface area (Å²) in [4.78, 5) is 0. The van der Waals surface area contributed by atoms with Crippen molar-refractivity contribution in [2.45, 2.75) is 12.4 Å². The molecule has 2 aromatic rings. The fraction of sp³-hybridized carbons (Fsp3) is 0.143. The molecule has 1 atom stereocenters. The van der Waals surface area contributed by atoms with Crippen LogP contribution in [0, 0.1) is 11.6 Å². The molecule has 0 aromatic heterocycles. The molecular formula is C14H11ClF5NO. The summed E-state index contributed by atoms with van der Waals surface area (Å²) in [5.74, 6) is -2.43. The first-order valence-corrected chi connectivity index (χ1v) is 5.82. The Morgan fingerprint density at radius 2 is 1.41 bits per heavy atom. The van der Waals surface area contributed by atoms with Gasteiger partial charge in [-0.25, -0.2) is 8.78 Å². The SMILES string of the molecule is Cl.N[C@@H](c1ccc(OC(F)(F)F)cc1)c1ccc(F)c(F)c1. The average molecular weight is 340 g/mol. The molecule has 0 aliphatic heterocycles. The van der Waals surface area contributed by atoms with Gasteiger partial charge in [-0.1, -0.05) is 18.2 Å². The van der Waals surface area contributed by atoms with Crippen LogP contribution < -0.4 is 10.5 Å². The van der Waals surface area contributed by atoms with Gasteiger partial charge in [-0.15, -0.1) is 25.6 Å². The molecule has 2 nitrogen and oxygen atoms in total. The molecule has 0 amide bonds. The monoisotopic (exact) mass is 339 g/mol. The van der Waals surface area contributed by atoms with Crippen LogP contribution in [0.2, 0.25) is 0 Å². The number of halogens is 6. The molecule has 0 saturated heterocycles. The predicted octanol–water partition coefficient (Wildman–Crippen LogP) is 4.33. The first-order valence-electron chi connectivity index (χ1n) is 5.82. The van der Waals surface area contributed by atoms with Gasteiger partial charge in [0.1, 0.15) is 5.75 Å². The van der Waals surface area contributed by atoms with Crippen molar-refractivity contribution >= 4 is 12.4 Å². The highest BCUT2D eigenvalue weighted by molar-refractivity contribution is 5.85. The average Bonchev–Trinajstić information content (AvgIpc) is 2.40. The van der Waals surface area contributed by atoms with Crippen molar-refractivity contribution in [3.8, 4) is 5.75 Å². The van der Waals surface area contributed by atoms with Crippen molar-refractivity contribution in [3.05, 3.63) is 65.2 Å². The van der Waals surface area contributed by atoms with Gasteiger partial charge in [0.2, 0.25) is 0 Å². The summed E-state index contributed by atoms with van der Waals surface area (Å²) in [5, 5.41) is 0. The van der Waals surface area contributed by atoms with Crippen molar-refractivity contribution in [2.24, 2.45) is 5.73 Å². The van der Waals surface area contributed by atoms with E-state index in [1.165, 1.54) is 18.2 Å². The number of benzene rings is 2. The van der Waals surface area contributed by atoms with Gasteiger partial charge in [-0.05, 0) is 35.4 Å². The Morgan fingerprint density at radius 1 is 0.864 bits per heavy atom. The number of nitrogens with two attached hydrogens (primary N) is 1. The summed E-state index contributed by atoms with van der Waals surface area (Å²) in [6.07, 6.45) is -4.77. The quantitative estimate of drug-likeness (QED) is 0.845. The number of hydrogen-bond donors (Lipinski definition) is 1. The molecule has 120 valence electrons. The molecule has 2 rings (SSSR count). The van der Waals surface area contributed by atoms with E-state index in [0.29, 0.717) is 11.1 Å². The van der Waals surface area contributed by atoms with E-state index in [9.17, 15) is 22.0 Å². The third-order valence-electron chi connectivity index (χ3n) is 2.78. The predicted molar refractivity (Wildman–Crippen MR) is 72.8 cm³/mol. The molecule has 2 aromatic carbocycles. The Hall–Kier alpha value is -1.86. The maximum atomic E-state index is 13.1. The van der Waals surface area contributed by atoms with E-state index < -0.39 is 24.0 Å². The van der Waals surface area contributed by atoms with Crippen molar-refractivity contribution in [2.75, 3.05) is 0 Å². The molecule has 22 heavy (non-hydrogen) atoms. The van der Waals surface area contributed by atoms with Crippen LogP contribution in [0.25, 0.3) is 0 Å². The zero-order valence-electron chi connectivity index (χ0n) is 10.9. The summed E-state index contributed by atoms with van der Waals surface area (Å²) in [6, 6.07) is 7.25. The van der Waals surface area contributed by atoms with Crippen LogP contribution in [-0.4, -0.2) is 6.36 Å². The molecule has 8 heteroatoms. The van der Waals surface area contributed by atoms with Crippen LogP contribution in [0.5, 0.6) is 5.75 Å². The minimum absolute atomic E-state index is 0. The highest BCUT2D eigenvalue weighted by atomic mass is 35.5. The Morgan fingerprint density at radius 3 is 1.91 bits per heavy atom. The molecule has 0 bridgehead atoms. The minimum atomic E-state index is -4.77. The number of rotatable bonds is 3. The summed E-state index contributed by atoms with van der Waals surface area (Å²) in [7, 11) is 0. The lowest BCUT2D eigenvalue weighted by molar-refractivity contribution is -0.274. The van der Waals surface area contributed by atoms with Crippen LogP contribution >= 0.6 is 12.4 Å². The Balaban J connectivity index is 0.00000242. The lowest BCUT2D eigenvalue weighted by Crippen LogP contribution is -2.17. The fourth-order valence-electron chi connectivity index (χ4n) is 1.78. The third-order valence-corrected chi connectivity index (χ3v) is 2.78. The summed E-state index contributed by atoms with van der Waals surface area (Å²) >= 11 is 0. The van der Waals surface area contributed by atoms with Gasteiger partial charge in [0.05, 0.1) is 6.04 Å². The van der Waals surface area contributed by atoms with Crippen LogP contribution in [0.4, 0.5) is 22.0 Å². The number of ether oxygens (including phenoxy) is 1. The van der Waals surface area contributed by atoms with E-state index >= 15 is 0 Å². The van der Waals surface area contributed by atoms with Gasteiger partial charge in [0.15, 0.2) is 11.6 Å². The van der Waals surface area contributed by atoms with E-state index in [4.69, 9.17) is 5.73 Å². The topological polar surface area (TPSA) is 35.2 Å². The largest absolute Gasteiger partial charge is 0.573 e.